The zero-order chi connectivity index (χ0) is 13.8. The first kappa shape index (κ1) is 15.1. The average molecular weight is 428 g/mol. The third-order valence-electron chi connectivity index (χ3n) is 4.23. The summed E-state index contributed by atoms with van der Waals surface area (Å²) < 4.78 is 7.53. The standard InChI is InChI=1S/C17H24O.W/c1-13(2)16-10-9-14(3)11-17(16)18-12-15-7-5-4-6-8-15;/h4-8,13-14,16-17H,9-11H2,1-3H3;/t14-,16+,17-;/m1./s1. The first-order valence-electron chi connectivity index (χ1n) is 7.34. The van der Waals surface area contributed by atoms with Crippen molar-refractivity contribution < 1.29 is 24.1 Å². The molecule has 0 spiro atoms. The number of hydrogen-bond acceptors (Lipinski definition) is 1. The molecule has 3 atom stereocenters. The van der Waals surface area contributed by atoms with Crippen LogP contribution < -0.4 is 0 Å². The van der Waals surface area contributed by atoms with Gasteiger partial charge >= 0.3 is 128 Å². The Morgan fingerprint density at radius 1 is 1.21 bits per heavy atom. The molecule has 0 bridgehead atoms. The summed E-state index contributed by atoms with van der Waals surface area (Å²) in [6.07, 6.45) is 4.31. The van der Waals surface area contributed by atoms with Crippen LogP contribution in [0.25, 0.3) is 0 Å². The predicted molar refractivity (Wildman–Crippen MR) is 76.8 cm³/mol. The van der Waals surface area contributed by atoms with E-state index in [1.54, 1.807) is 0 Å². The summed E-state index contributed by atoms with van der Waals surface area (Å²) >= 11 is 1.43. The maximum atomic E-state index is 6.38. The van der Waals surface area contributed by atoms with Crippen molar-refractivity contribution in [2.75, 3.05) is 0 Å². The van der Waals surface area contributed by atoms with Gasteiger partial charge < -0.3 is 0 Å². The summed E-state index contributed by atoms with van der Waals surface area (Å²) in [4.78, 5) is 0. The van der Waals surface area contributed by atoms with Crippen molar-refractivity contribution in [1.29, 1.82) is 0 Å². The Morgan fingerprint density at radius 2 is 1.89 bits per heavy atom. The zero-order valence-electron chi connectivity index (χ0n) is 12.1. The quantitative estimate of drug-likeness (QED) is 0.699. The molecule has 0 unspecified atom stereocenters. The maximum absolute atomic E-state index is 6.38. The van der Waals surface area contributed by atoms with Gasteiger partial charge in [-0.3, -0.25) is 0 Å². The van der Waals surface area contributed by atoms with Gasteiger partial charge in [-0.15, -0.1) is 0 Å². The van der Waals surface area contributed by atoms with E-state index in [4.69, 9.17) is 4.74 Å². The van der Waals surface area contributed by atoms with Crippen LogP contribution in [-0.4, -0.2) is 10.2 Å². The van der Waals surface area contributed by atoms with Crippen molar-refractivity contribution >= 4 is 4.08 Å². The minimum absolute atomic E-state index is 0.413. The van der Waals surface area contributed by atoms with Crippen molar-refractivity contribution in [2.45, 2.75) is 46.1 Å². The van der Waals surface area contributed by atoms with Crippen molar-refractivity contribution in [2.24, 2.45) is 17.8 Å². The third-order valence-corrected chi connectivity index (χ3v) is 5.42. The summed E-state index contributed by atoms with van der Waals surface area (Å²) in [5, 5.41) is 0. The second-order valence-electron chi connectivity index (χ2n) is 6.14. The molecular weight excluding hydrogens is 404 g/mol. The van der Waals surface area contributed by atoms with Crippen LogP contribution in [0.3, 0.4) is 0 Å². The molecule has 1 aliphatic carbocycles. The van der Waals surface area contributed by atoms with E-state index in [9.17, 15) is 0 Å². The minimum atomic E-state index is 0.413. The Hall–Kier alpha value is -0.262. The molecule has 1 saturated carbocycles. The summed E-state index contributed by atoms with van der Waals surface area (Å²) in [6.45, 7) is 7.03. The topological polar surface area (TPSA) is 9.23 Å². The molecule has 2 heteroatoms. The first-order valence-corrected chi connectivity index (χ1v) is 8.80. The molecule has 0 N–H and O–H groups in total. The van der Waals surface area contributed by atoms with Crippen LogP contribution in [0.2, 0.25) is 0 Å². The summed E-state index contributed by atoms with van der Waals surface area (Å²) in [6, 6.07) is 10.5. The molecule has 2 rings (SSSR count). The Balaban J connectivity index is 2.04. The second-order valence-corrected chi connectivity index (χ2v) is 7.47. The molecule has 104 valence electrons. The molecule has 19 heavy (non-hydrogen) atoms. The van der Waals surface area contributed by atoms with Crippen LogP contribution in [0, 0.1) is 17.8 Å². The Bertz CT molecular complexity index is 413. The fraction of sp³-hybridized carbons (Fsp3) is 0.588. The van der Waals surface area contributed by atoms with Gasteiger partial charge in [0.05, 0.1) is 0 Å². The molecule has 0 heterocycles. The van der Waals surface area contributed by atoms with Crippen molar-refractivity contribution in [3.63, 3.8) is 0 Å². The van der Waals surface area contributed by atoms with Crippen molar-refractivity contribution in [3.8, 4) is 0 Å². The van der Waals surface area contributed by atoms with E-state index in [-0.39, 0.29) is 0 Å². The molecule has 1 aliphatic rings. The first-order chi connectivity index (χ1) is 9.08. The van der Waals surface area contributed by atoms with Gasteiger partial charge in [-0.05, 0) is 0 Å². The molecule has 1 fully saturated rings. The zero-order valence-corrected chi connectivity index (χ0v) is 15.1. The Kier molecular flexibility index (Phi) is 5.54. The molecule has 0 amide bonds. The summed E-state index contributed by atoms with van der Waals surface area (Å²) in [5.41, 5.74) is 1.25. The van der Waals surface area contributed by atoms with Gasteiger partial charge in [0.2, 0.25) is 0 Å². The van der Waals surface area contributed by atoms with Crippen molar-refractivity contribution in [3.05, 3.63) is 35.9 Å². The monoisotopic (exact) mass is 428 g/mol. The van der Waals surface area contributed by atoms with Gasteiger partial charge in [-0.25, -0.2) is 0 Å². The normalized spacial score (nSPS) is 27.5. The third kappa shape index (κ3) is 4.10. The Labute approximate surface area is 128 Å². The fourth-order valence-corrected chi connectivity index (χ4v) is 3.96. The van der Waals surface area contributed by atoms with E-state index in [0.29, 0.717) is 12.0 Å². The van der Waals surface area contributed by atoms with Gasteiger partial charge in [0.25, 0.3) is 0 Å². The number of benzene rings is 1. The van der Waals surface area contributed by atoms with E-state index >= 15 is 0 Å². The van der Waals surface area contributed by atoms with Crippen LogP contribution in [0.5, 0.6) is 0 Å². The molecule has 0 radical (unpaired) electrons. The van der Waals surface area contributed by atoms with Gasteiger partial charge in [-0.1, -0.05) is 0 Å². The molecular formula is C17H24OW. The molecule has 0 saturated heterocycles. The predicted octanol–water partition coefficient (Wildman–Crippen LogP) is 4.19. The number of ether oxygens (including phenoxy) is 1. The number of hydrogen-bond donors (Lipinski definition) is 0. The van der Waals surface area contributed by atoms with Crippen LogP contribution in [0.15, 0.2) is 30.3 Å². The van der Waals surface area contributed by atoms with E-state index in [2.05, 4.69) is 51.1 Å². The van der Waals surface area contributed by atoms with Gasteiger partial charge in [0.1, 0.15) is 0 Å². The van der Waals surface area contributed by atoms with Crippen LogP contribution in [0.1, 0.15) is 45.6 Å². The van der Waals surface area contributed by atoms with E-state index in [1.165, 1.54) is 44.2 Å². The second kappa shape index (κ2) is 6.95. The summed E-state index contributed by atoms with van der Waals surface area (Å²) in [7, 11) is 0. The number of rotatable bonds is 4. The van der Waals surface area contributed by atoms with Crippen LogP contribution in [0.4, 0.5) is 0 Å². The van der Waals surface area contributed by atoms with Crippen LogP contribution in [-0.2, 0) is 24.1 Å². The SMILES string of the molecule is CC(C)[C@@H]1CC[C@@H](C)C[C@H]1O[C](=[W])c1ccccc1. The summed E-state index contributed by atoms with van der Waals surface area (Å²) in [5.74, 6) is 2.24. The van der Waals surface area contributed by atoms with E-state index < -0.39 is 0 Å². The molecule has 0 aliphatic heterocycles. The van der Waals surface area contributed by atoms with Gasteiger partial charge in [0, 0.05) is 0 Å². The molecule has 1 nitrogen and oxygen atoms in total. The average Bonchev–Trinajstić information content (AvgIpc) is 2.39. The fourth-order valence-electron chi connectivity index (χ4n) is 3.03. The van der Waals surface area contributed by atoms with E-state index in [0.717, 1.165) is 15.9 Å². The van der Waals surface area contributed by atoms with Crippen molar-refractivity contribution in [1.82, 2.24) is 0 Å². The molecule has 0 aromatic heterocycles. The molecule has 1 aromatic carbocycles. The Morgan fingerprint density at radius 3 is 2.53 bits per heavy atom. The van der Waals surface area contributed by atoms with Crippen LogP contribution >= 0.6 is 0 Å². The van der Waals surface area contributed by atoms with Gasteiger partial charge in [-0.2, -0.15) is 0 Å². The van der Waals surface area contributed by atoms with E-state index in [1.807, 2.05) is 0 Å². The van der Waals surface area contributed by atoms with Gasteiger partial charge in [0.15, 0.2) is 0 Å². The molecule has 1 aromatic rings.